The first-order valence-electron chi connectivity index (χ1n) is 6.87. The summed E-state index contributed by atoms with van der Waals surface area (Å²) in [4.78, 5) is 15.6. The van der Waals surface area contributed by atoms with Crippen molar-refractivity contribution in [1.29, 1.82) is 0 Å². The van der Waals surface area contributed by atoms with Crippen molar-refractivity contribution in [3.63, 3.8) is 0 Å². The third-order valence-electron chi connectivity index (χ3n) is 3.67. The van der Waals surface area contributed by atoms with Crippen LogP contribution in [0, 0.1) is 5.92 Å². The van der Waals surface area contributed by atoms with Crippen LogP contribution in [0.25, 0.3) is 0 Å². The number of carbonyl (C=O) groups excluding carboxylic acids is 1. The number of anilines is 1. The highest BCUT2D eigenvalue weighted by molar-refractivity contribution is 7.09. The average Bonchev–Trinajstić information content (AvgIpc) is 2.91. The van der Waals surface area contributed by atoms with E-state index in [1.807, 2.05) is 41.8 Å². The predicted octanol–water partition coefficient (Wildman–Crippen LogP) is 4.48. The van der Waals surface area contributed by atoms with Gasteiger partial charge in [-0.15, -0.1) is 34.5 Å². The van der Waals surface area contributed by atoms with Crippen molar-refractivity contribution in [2.45, 2.75) is 17.3 Å². The second-order valence-electron chi connectivity index (χ2n) is 5.22. The van der Waals surface area contributed by atoms with Crippen LogP contribution in [0.1, 0.15) is 11.3 Å². The Bertz CT molecular complexity index is 655. The molecule has 1 amide bonds. The lowest BCUT2D eigenvalue weighted by atomic mass is 10.2. The van der Waals surface area contributed by atoms with Crippen molar-refractivity contribution in [2.75, 3.05) is 12.0 Å². The van der Waals surface area contributed by atoms with E-state index in [1.54, 1.807) is 23.3 Å². The Balaban J connectivity index is 1.86. The molecule has 0 N–H and O–H groups in total. The molecule has 0 spiro atoms. The van der Waals surface area contributed by atoms with Crippen LogP contribution in [0.2, 0.25) is 0 Å². The van der Waals surface area contributed by atoms with Crippen LogP contribution in [0.5, 0.6) is 5.75 Å². The summed E-state index contributed by atoms with van der Waals surface area (Å²) in [7, 11) is 1.61. The molecule has 1 unspecified atom stereocenters. The maximum absolute atomic E-state index is 12.7. The molecule has 1 aliphatic carbocycles. The standard InChI is InChI=1S/C16H15Cl2NO2S/c1-21-12-6-4-11(5-7-12)19(10-13-3-2-8-22-13)15(20)14-9-16(14,17)18/h2-8,14H,9-10H2,1H3. The zero-order valence-electron chi connectivity index (χ0n) is 12.0. The van der Waals surface area contributed by atoms with Crippen LogP contribution in [-0.2, 0) is 11.3 Å². The topological polar surface area (TPSA) is 29.5 Å². The number of alkyl halides is 2. The molecule has 1 aromatic carbocycles. The summed E-state index contributed by atoms with van der Waals surface area (Å²) in [6, 6.07) is 11.4. The summed E-state index contributed by atoms with van der Waals surface area (Å²) in [5.74, 6) is 0.379. The summed E-state index contributed by atoms with van der Waals surface area (Å²) < 4.78 is 4.25. The molecule has 1 fully saturated rings. The van der Waals surface area contributed by atoms with Gasteiger partial charge in [-0.1, -0.05) is 6.07 Å². The van der Waals surface area contributed by atoms with Crippen molar-refractivity contribution < 1.29 is 9.53 Å². The molecule has 116 valence electrons. The number of benzene rings is 1. The lowest BCUT2D eigenvalue weighted by Gasteiger charge is -2.23. The normalized spacial score (nSPS) is 18.8. The van der Waals surface area contributed by atoms with Crippen molar-refractivity contribution in [2.24, 2.45) is 5.92 Å². The highest BCUT2D eigenvalue weighted by atomic mass is 35.5. The largest absolute Gasteiger partial charge is 0.497 e. The zero-order chi connectivity index (χ0) is 15.7. The van der Waals surface area contributed by atoms with Gasteiger partial charge in [-0.3, -0.25) is 4.79 Å². The maximum Gasteiger partial charge on any atom is 0.233 e. The average molecular weight is 356 g/mol. The van der Waals surface area contributed by atoms with Gasteiger partial charge >= 0.3 is 0 Å². The number of nitrogens with zero attached hydrogens (tertiary/aromatic N) is 1. The number of halogens is 2. The molecule has 3 rings (SSSR count). The molecule has 3 nitrogen and oxygen atoms in total. The van der Waals surface area contributed by atoms with Crippen molar-refractivity contribution in [3.8, 4) is 5.75 Å². The molecule has 0 radical (unpaired) electrons. The van der Waals surface area contributed by atoms with E-state index in [2.05, 4.69) is 0 Å². The second-order valence-corrected chi connectivity index (χ2v) is 7.79. The fourth-order valence-electron chi connectivity index (χ4n) is 2.29. The lowest BCUT2D eigenvalue weighted by Crippen LogP contribution is -2.32. The van der Waals surface area contributed by atoms with Gasteiger partial charge in [-0.05, 0) is 42.1 Å². The fraction of sp³-hybridized carbons (Fsp3) is 0.312. The van der Waals surface area contributed by atoms with Crippen LogP contribution in [0.15, 0.2) is 41.8 Å². The van der Waals surface area contributed by atoms with Gasteiger partial charge in [0, 0.05) is 10.6 Å². The molecule has 6 heteroatoms. The maximum atomic E-state index is 12.7. The molecule has 2 aromatic rings. The van der Waals surface area contributed by atoms with Crippen LogP contribution in [-0.4, -0.2) is 17.4 Å². The van der Waals surface area contributed by atoms with Crippen molar-refractivity contribution in [3.05, 3.63) is 46.7 Å². The molecule has 0 aliphatic heterocycles. The molecular weight excluding hydrogens is 341 g/mol. The molecule has 1 aliphatic rings. The zero-order valence-corrected chi connectivity index (χ0v) is 14.3. The number of amides is 1. The van der Waals surface area contributed by atoms with Gasteiger partial charge < -0.3 is 9.64 Å². The van der Waals surface area contributed by atoms with Gasteiger partial charge in [0.15, 0.2) is 0 Å². The monoisotopic (exact) mass is 355 g/mol. The second kappa shape index (κ2) is 6.11. The van der Waals surface area contributed by atoms with E-state index < -0.39 is 4.33 Å². The van der Waals surface area contributed by atoms with E-state index in [-0.39, 0.29) is 11.8 Å². The summed E-state index contributed by atoms with van der Waals surface area (Å²) in [5.41, 5.74) is 0.815. The predicted molar refractivity (Wildman–Crippen MR) is 91.0 cm³/mol. The SMILES string of the molecule is COc1ccc(N(Cc2cccs2)C(=O)C2CC2(Cl)Cl)cc1. The minimum absolute atomic E-state index is 0.0384. The number of carbonyl (C=O) groups is 1. The van der Waals surface area contributed by atoms with Gasteiger partial charge in [0.05, 0.1) is 19.6 Å². The molecule has 22 heavy (non-hydrogen) atoms. The third-order valence-corrected chi connectivity index (χ3v) is 5.36. The summed E-state index contributed by atoms with van der Waals surface area (Å²) in [5, 5.41) is 2.00. The molecule has 1 atom stereocenters. The minimum atomic E-state index is -0.919. The number of hydrogen-bond donors (Lipinski definition) is 0. The lowest BCUT2D eigenvalue weighted by molar-refractivity contribution is -0.119. The van der Waals surface area contributed by atoms with Gasteiger partial charge in [0.25, 0.3) is 0 Å². The van der Waals surface area contributed by atoms with E-state index >= 15 is 0 Å². The first-order valence-corrected chi connectivity index (χ1v) is 8.50. The van der Waals surface area contributed by atoms with E-state index in [0.29, 0.717) is 13.0 Å². The highest BCUT2D eigenvalue weighted by Gasteiger charge is 2.57. The Hall–Kier alpha value is -1.23. The first kappa shape index (κ1) is 15.7. The summed E-state index contributed by atoms with van der Waals surface area (Å²) in [6.45, 7) is 0.517. The Morgan fingerprint density at radius 2 is 2.05 bits per heavy atom. The summed E-state index contributed by atoms with van der Waals surface area (Å²) in [6.07, 6.45) is 0.506. The molecular formula is C16H15Cl2NO2S. The van der Waals surface area contributed by atoms with Gasteiger partial charge in [0.2, 0.25) is 5.91 Å². The number of hydrogen-bond acceptors (Lipinski definition) is 3. The Labute approximate surface area is 143 Å². The van der Waals surface area contributed by atoms with E-state index in [0.717, 1.165) is 16.3 Å². The molecule has 1 heterocycles. The molecule has 0 bridgehead atoms. The third kappa shape index (κ3) is 3.24. The Morgan fingerprint density at radius 1 is 1.36 bits per heavy atom. The van der Waals surface area contributed by atoms with Crippen LogP contribution < -0.4 is 9.64 Å². The summed E-state index contributed by atoms with van der Waals surface area (Å²) >= 11 is 13.7. The number of rotatable bonds is 5. The van der Waals surface area contributed by atoms with E-state index in [9.17, 15) is 4.79 Å². The number of ether oxygens (including phenoxy) is 1. The first-order chi connectivity index (χ1) is 10.5. The van der Waals surface area contributed by atoms with Crippen molar-refractivity contribution >= 4 is 46.1 Å². The van der Waals surface area contributed by atoms with Crippen LogP contribution in [0.3, 0.4) is 0 Å². The Morgan fingerprint density at radius 3 is 2.55 bits per heavy atom. The van der Waals surface area contributed by atoms with Crippen molar-refractivity contribution in [1.82, 2.24) is 0 Å². The molecule has 0 saturated heterocycles. The minimum Gasteiger partial charge on any atom is -0.497 e. The van der Waals surface area contributed by atoms with Crippen LogP contribution >= 0.6 is 34.5 Å². The molecule has 1 saturated carbocycles. The number of methoxy groups -OCH3 is 1. The smallest absolute Gasteiger partial charge is 0.233 e. The molecule has 1 aromatic heterocycles. The van der Waals surface area contributed by atoms with Gasteiger partial charge in [0.1, 0.15) is 10.1 Å². The van der Waals surface area contributed by atoms with Crippen LogP contribution in [0.4, 0.5) is 5.69 Å². The van der Waals surface area contributed by atoms with Gasteiger partial charge in [-0.2, -0.15) is 0 Å². The number of thiophene rings is 1. The van der Waals surface area contributed by atoms with E-state index in [4.69, 9.17) is 27.9 Å². The fourth-order valence-corrected chi connectivity index (χ4v) is 3.47. The Kier molecular flexibility index (Phi) is 4.35. The highest BCUT2D eigenvalue weighted by Crippen LogP contribution is 2.54. The van der Waals surface area contributed by atoms with E-state index in [1.165, 1.54) is 0 Å². The van der Waals surface area contributed by atoms with Gasteiger partial charge in [-0.25, -0.2) is 0 Å². The quantitative estimate of drug-likeness (QED) is 0.739.